The SMILES string of the molecule is CC.CC.Cc1cc(NC(=O)OC(C)(C)C)c2ccccc2n1. The highest BCUT2D eigenvalue weighted by molar-refractivity contribution is 5.98. The minimum absolute atomic E-state index is 0.455. The van der Waals surface area contributed by atoms with Crippen molar-refractivity contribution < 1.29 is 9.53 Å². The minimum atomic E-state index is -0.512. The van der Waals surface area contributed by atoms with E-state index in [1.807, 2.05) is 85.7 Å². The number of rotatable bonds is 1. The van der Waals surface area contributed by atoms with Crippen LogP contribution in [0.3, 0.4) is 0 Å². The molecule has 0 saturated heterocycles. The predicted octanol–water partition coefficient (Wildman–Crippen LogP) is 5.94. The summed E-state index contributed by atoms with van der Waals surface area (Å²) in [5.74, 6) is 0. The summed E-state index contributed by atoms with van der Waals surface area (Å²) in [6.07, 6.45) is -0.455. The number of benzene rings is 1. The van der Waals surface area contributed by atoms with Gasteiger partial charge in [-0.25, -0.2) is 4.79 Å². The van der Waals surface area contributed by atoms with E-state index in [0.717, 1.165) is 22.3 Å². The number of anilines is 1. The van der Waals surface area contributed by atoms with Crippen LogP contribution in [0.5, 0.6) is 0 Å². The third kappa shape index (κ3) is 7.13. The maximum Gasteiger partial charge on any atom is 0.412 e. The summed E-state index contributed by atoms with van der Waals surface area (Å²) in [5.41, 5.74) is 1.91. The second kappa shape index (κ2) is 9.82. The van der Waals surface area contributed by atoms with Crippen molar-refractivity contribution >= 4 is 22.7 Å². The van der Waals surface area contributed by atoms with Crippen molar-refractivity contribution in [3.8, 4) is 0 Å². The first kappa shape index (κ1) is 20.9. The molecule has 1 heterocycles. The summed E-state index contributed by atoms with van der Waals surface area (Å²) < 4.78 is 5.26. The van der Waals surface area contributed by atoms with Crippen molar-refractivity contribution in [1.29, 1.82) is 0 Å². The molecule has 0 atom stereocenters. The van der Waals surface area contributed by atoms with Gasteiger partial charge in [-0.2, -0.15) is 0 Å². The highest BCUT2D eigenvalue weighted by atomic mass is 16.6. The van der Waals surface area contributed by atoms with Crippen molar-refractivity contribution in [3.05, 3.63) is 36.0 Å². The Morgan fingerprint density at radius 1 is 1.09 bits per heavy atom. The predicted molar refractivity (Wildman–Crippen MR) is 99.0 cm³/mol. The molecule has 4 heteroatoms. The molecule has 0 unspecified atom stereocenters. The Morgan fingerprint density at radius 3 is 2.22 bits per heavy atom. The fourth-order valence-electron chi connectivity index (χ4n) is 1.82. The second-order valence-electron chi connectivity index (χ2n) is 5.46. The van der Waals surface area contributed by atoms with Gasteiger partial charge >= 0.3 is 6.09 Å². The first-order valence-electron chi connectivity index (χ1n) is 8.21. The number of nitrogens with zero attached hydrogens (tertiary/aromatic N) is 1. The molecule has 2 rings (SSSR count). The van der Waals surface area contributed by atoms with Crippen LogP contribution in [0, 0.1) is 6.92 Å². The maximum atomic E-state index is 11.8. The van der Waals surface area contributed by atoms with E-state index in [9.17, 15) is 4.79 Å². The summed E-state index contributed by atoms with van der Waals surface area (Å²) >= 11 is 0. The first-order valence-corrected chi connectivity index (χ1v) is 8.21. The molecular formula is C19H30N2O2. The van der Waals surface area contributed by atoms with Crippen molar-refractivity contribution in [3.63, 3.8) is 0 Å². The molecule has 1 N–H and O–H groups in total. The van der Waals surface area contributed by atoms with Gasteiger partial charge in [0.05, 0.1) is 11.2 Å². The van der Waals surface area contributed by atoms with Gasteiger partial charge in [-0.05, 0) is 39.8 Å². The molecule has 1 amide bonds. The summed E-state index contributed by atoms with van der Waals surface area (Å²) in [4.78, 5) is 16.3. The lowest BCUT2D eigenvalue weighted by molar-refractivity contribution is 0.0636. The summed E-state index contributed by atoms with van der Waals surface area (Å²) in [6.45, 7) is 15.4. The largest absolute Gasteiger partial charge is 0.444 e. The number of carbonyl (C=O) groups excluding carboxylic acids is 1. The lowest BCUT2D eigenvalue weighted by Crippen LogP contribution is -2.27. The fraction of sp³-hybridized carbons (Fsp3) is 0.474. The number of fused-ring (bicyclic) bond motifs is 1. The van der Waals surface area contributed by atoms with E-state index in [1.165, 1.54) is 0 Å². The first-order chi connectivity index (χ1) is 10.8. The molecule has 0 radical (unpaired) electrons. The minimum Gasteiger partial charge on any atom is -0.444 e. The van der Waals surface area contributed by atoms with Gasteiger partial charge in [0, 0.05) is 11.1 Å². The van der Waals surface area contributed by atoms with Crippen LogP contribution in [0.1, 0.15) is 54.2 Å². The van der Waals surface area contributed by atoms with Crippen LogP contribution in [0.4, 0.5) is 10.5 Å². The summed E-state index contributed by atoms with van der Waals surface area (Å²) in [7, 11) is 0. The van der Waals surface area contributed by atoms with Crippen molar-refractivity contribution in [1.82, 2.24) is 4.98 Å². The second-order valence-corrected chi connectivity index (χ2v) is 5.46. The van der Waals surface area contributed by atoms with Gasteiger partial charge in [0.15, 0.2) is 0 Å². The normalized spacial score (nSPS) is 9.91. The number of pyridine rings is 1. The third-order valence-electron chi connectivity index (χ3n) is 2.48. The Hall–Kier alpha value is -2.10. The molecule has 2 aromatic rings. The van der Waals surface area contributed by atoms with Crippen LogP contribution in [-0.4, -0.2) is 16.7 Å². The van der Waals surface area contributed by atoms with Crippen LogP contribution < -0.4 is 5.32 Å². The lowest BCUT2D eigenvalue weighted by atomic mass is 10.1. The zero-order chi connectivity index (χ0) is 18.0. The number of hydrogen-bond acceptors (Lipinski definition) is 3. The van der Waals surface area contributed by atoms with E-state index in [2.05, 4.69) is 10.3 Å². The van der Waals surface area contributed by atoms with E-state index >= 15 is 0 Å². The Kier molecular flexibility index (Phi) is 8.93. The van der Waals surface area contributed by atoms with Gasteiger partial charge in [0.25, 0.3) is 0 Å². The topological polar surface area (TPSA) is 51.2 Å². The fourth-order valence-corrected chi connectivity index (χ4v) is 1.82. The van der Waals surface area contributed by atoms with E-state index in [-0.39, 0.29) is 0 Å². The van der Waals surface area contributed by atoms with Gasteiger partial charge in [-0.15, -0.1) is 0 Å². The molecular weight excluding hydrogens is 288 g/mol. The molecule has 1 aromatic carbocycles. The van der Waals surface area contributed by atoms with Crippen LogP contribution in [0.15, 0.2) is 30.3 Å². The molecule has 4 nitrogen and oxygen atoms in total. The van der Waals surface area contributed by atoms with E-state index in [1.54, 1.807) is 0 Å². The van der Waals surface area contributed by atoms with E-state index in [4.69, 9.17) is 4.74 Å². The standard InChI is InChI=1S/C15H18N2O2.2C2H6/c1-10-9-13(17-14(18)19-15(2,3)4)11-7-5-6-8-12(11)16-10;2*1-2/h5-9H,1-4H3,(H,16,17,18);2*1-2H3. The highest BCUT2D eigenvalue weighted by Gasteiger charge is 2.17. The Labute approximate surface area is 140 Å². The quantitative estimate of drug-likeness (QED) is 0.707. The van der Waals surface area contributed by atoms with Crippen molar-refractivity contribution in [2.45, 2.75) is 61.0 Å². The van der Waals surface area contributed by atoms with Gasteiger partial charge in [0.2, 0.25) is 0 Å². The average Bonchev–Trinajstić information content (AvgIpc) is 2.49. The monoisotopic (exact) mass is 318 g/mol. The summed E-state index contributed by atoms with van der Waals surface area (Å²) in [6, 6.07) is 9.52. The van der Waals surface area contributed by atoms with E-state index in [0.29, 0.717) is 0 Å². The number of para-hydroxylation sites is 1. The van der Waals surface area contributed by atoms with Crippen molar-refractivity contribution in [2.24, 2.45) is 0 Å². The van der Waals surface area contributed by atoms with E-state index < -0.39 is 11.7 Å². The lowest BCUT2D eigenvalue weighted by Gasteiger charge is -2.20. The molecule has 0 aliphatic heterocycles. The number of aromatic nitrogens is 1. The van der Waals surface area contributed by atoms with Crippen molar-refractivity contribution in [2.75, 3.05) is 5.32 Å². The molecule has 0 saturated carbocycles. The number of hydrogen-bond donors (Lipinski definition) is 1. The third-order valence-corrected chi connectivity index (χ3v) is 2.48. The molecule has 0 aliphatic rings. The number of amides is 1. The Balaban J connectivity index is 0.00000112. The zero-order valence-electron chi connectivity index (χ0n) is 15.7. The molecule has 0 aliphatic carbocycles. The Morgan fingerprint density at radius 2 is 1.65 bits per heavy atom. The number of ether oxygens (including phenoxy) is 1. The van der Waals surface area contributed by atoms with Gasteiger partial charge in [-0.3, -0.25) is 10.3 Å². The summed E-state index contributed by atoms with van der Waals surface area (Å²) in [5, 5.41) is 3.68. The van der Waals surface area contributed by atoms with Gasteiger partial charge in [-0.1, -0.05) is 45.9 Å². The Bertz CT molecular complexity index is 616. The highest BCUT2D eigenvalue weighted by Crippen LogP contribution is 2.23. The zero-order valence-corrected chi connectivity index (χ0v) is 15.7. The smallest absolute Gasteiger partial charge is 0.412 e. The van der Waals surface area contributed by atoms with Crippen LogP contribution in [0.25, 0.3) is 10.9 Å². The van der Waals surface area contributed by atoms with Crippen LogP contribution in [0.2, 0.25) is 0 Å². The van der Waals surface area contributed by atoms with Gasteiger partial charge in [0.1, 0.15) is 5.60 Å². The van der Waals surface area contributed by atoms with Crippen LogP contribution >= 0.6 is 0 Å². The molecule has 1 aromatic heterocycles. The average molecular weight is 318 g/mol. The molecule has 128 valence electrons. The number of nitrogens with one attached hydrogen (secondary N) is 1. The molecule has 0 bridgehead atoms. The number of carbonyl (C=O) groups is 1. The number of aryl methyl sites for hydroxylation is 1. The molecule has 23 heavy (non-hydrogen) atoms. The van der Waals surface area contributed by atoms with Gasteiger partial charge < -0.3 is 4.74 Å². The molecule has 0 spiro atoms. The van der Waals surface area contributed by atoms with Crippen LogP contribution in [-0.2, 0) is 4.74 Å². The molecule has 0 fully saturated rings. The maximum absolute atomic E-state index is 11.8.